The topological polar surface area (TPSA) is 75.7 Å². The molecule has 3 aromatic carbocycles. The zero-order valence-corrected chi connectivity index (χ0v) is 20.6. The molecule has 178 valence electrons. The molecule has 0 spiro atoms. The van der Waals surface area contributed by atoms with Gasteiger partial charge in [0.25, 0.3) is 5.91 Å². The van der Waals surface area contributed by atoms with Crippen molar-refractivity contribution in [3.8, 4) is 5.75 Å². The summed E-state index contributed by atoms with van der Waals surface area (Å²) in [5.74, 6) is 0.276. The summed E-state index contributed by atoms with van der Waals surface area (Å²) in [5.41, 5.74) is 4.79. The predicted molar refractivity (Wildman–Crippen MR) is 136 cm³/mol. The molecule has 0 aromatic heterocycles. The van der Waals surface area contributed by atoms with E-state index >= 15 is 0 Å². The van der Waals surface area contributed by atoms with Gasteiger partial charge in [-0.1, -0.05) is 30.3 Å². The number of carbonyl (C=O) groups excluding carboxylic acids is 1. The lowest BCUT2D eigenvalue weighted by atomic mass is 10.1. The maximum absolute atomic E-state index is 13.2. The Hall–Kier alpha value is -3.32. The second-order valence-electron chi connectivity index (χ2n) is 8.60. The van der Waals surface area contributed by atoms with Crippen molar-refractivity contribution in [2.45, 2.75) is 45.4 Å². The molecule has 3 aromatic rings. The lowest BCUT2D eigenvalue weighted by Gasteiger charge is -2.25. The monoisotopic (exact) mass is 478 g/mol. The maximum Gasteiger partial charge on any atom is 0.259 e. The standard InChI is InChI=1S/C27H30N2O4S/c1-4-33-26-8-6-5-7-25(26)27(30)28-22-12-10-21(11-13-22)18-29(34(31,32)24-15-16-24)23-14-9-19(2)20(3)17-23/h5-14,17,24H,4,15-16,18H2,1-3H3,(H,28,30). The largest absolute Gasteiger partial charge is 0.493 e. The fraction of sp³-hybridized carbons (Fsp3) is 0.296. The van der Waals surface area contributed by atoms with E-state index in [9.17, 15) is 13.2 Å². The molecular formula is C27H30N2O4S. The molecule has 1 fully saturated rings. The Balaban J connectivity index is 1.53. The third-order valence-corrected chi connectivity index (χ3v) is 8.27. The lowest BCUT2D eigenvalue weighted by Crippen LogP contribution is -2.33. The highest BCUT2D eigenvalue weighted by Crippen LogP contribution is 2.35. The van der Waals surface area contributed by atoms with Crippen molar-refractivity contribution in [3.63, 3.8) is 0 Å². The van der Waals surface area contributed by atoms with Crippen LogP contribution in [0.4, 0.5) is 11.4 Å². The Labute approximate surface area is 201 Å². The van der Waals surface area contributed by atoms with Crippen LogP contribution >= 0.6 is 0 Å². The molecule has 0 heterocycles. The van der Waals surface area contributed by atoms with Gasteiger partial charge in [-0.25, -0.2) is 8.42 Å². The average molecular weight is 479 g/mol. The van der Waals surface area contributed by atoms with E-state index in [0.29, 0.717) is 42.1 Å². The minimum absolute atomic E-state index is 0.239. The third-order valence-electron chi connectivity index (χ3n) is 6.00. The summed E-state index contributed by atoms with van der Waals surface area (Å²) in [6.07, 6.45) is 1.41. The van der Waals surface area contributed by atoms with Gasteiger partial charge < -0.3 is 10.1 Å². The summed E-state index contributed by atoms with van der Waals surface area (Å²) in [6.45, 7) is 6.58. The van der Waals surface area contributed by atoms with Crippen molar-refractivity contribution in [1.29, 1.82) is 0 Å². The number of para-hydroxylation sites is 1. The molecule has 0 aliphatic heterocycles. The summed E-state index contributed by atoms with van der Waals surface area (Å²) in [4.78, 5) is 12.8. The number of hydrogen-bond acceptors (Lipinski definition) is 4. The van der Waals surface area contributed by atoms with Crippen molar-refractivity contribution in [2.24, 2.45) is 0 Å². The first-order valence-electron chi connectivity index (χ1n) is 11.5. The predicted octanol–water partition coefficient (Wildman–Crippen LogP) is 5.45. The quantitative estimate of drug-likeness (QED) is 0.444. The number of nitrogens with zero attached hydrogens (tertiary/aromatic N) is 1. The Morgan fingerprint density at radius 2 is 1.71 bits per heavy atom. The van der Waals surface area contributed by atoms with Crippen molar-refractivity contribution < 1.29 is 17.9 Å². The van der Waals surface area contributed by atoms with Crippen molar-refractivity contribution in [3.05, 3.63) is 89.0 Å². The lowest BCUT2D eigenvalue weighted by molar-refractivity contribution is 0.102. The van der Waals surface area contributed by atoms with E-state index in [0.717, 1.165) is 16.7 Å². The highest BCUT2D eigenvalue weighted by atomic mass is 32.2. The number of nitrogens with one attached hydrogen (secondary N) is 1. The summed E-state index contributed by atoms with van der Waals surface area (Å²) < 4.78 is 33.5. The van der Waals surface area contributed by atoms with E-state index in [1.54, 1.807) is 30.3 Å². The molecule has 4 rings (SSSR count). The molecule has 7 heteroatoms. The molecule has 0 radical (unpaired) electrons. The zero-order chi connectivity index (χ0) is 24.3. The molecule has 1 saturated carbocycles. The van der Waals surface area contributed by atoms with Crippen LogP contribution in [0.5, 0.6) is 5.75 Å². The maximum atomic E-state index is 13.2. The van der Waals surface area contributed by atoms with Crippen LogP contribution in [-0.4, -0.2) is 26.2 Å². The smallest absolute Gasteiger partial charge is 0.259 e. The Morgan fingerprint density at radius 1 is 1.00 bits per heavy atom. The molecular weight excluding hydrogens is 448 g/mol. The number of rotatable bonds is 9. The van der Waals surface area contributed by atoms with Gasteiger partial charge in [0.1, 0.15) is 5.75 Å². The van der Waals surface area contributed by atoms with Gasteiger partial charge in [-0.05, 0) is 86.7 Å². The second-order valence-corrected chi connectivity index (χ2v) is 10.7. The highest BCUT2D eigenvalue weighted by Gasteiger charge is 2.40. The van der Waals surface area contributed by atoms with Crippen molar-refractivity contribution >= 4 is 27.3 Å². The molecule has 1 amide bonds. The number of ether oxygens (including phenoxy) is 1. The van der Waals surface area contributed by atoms with E-state index in [2.05, 4.69) is 5.32 Å². The van der Waals surface area contributed by atoms with E-state index in [-0.39, 0.29) is 17.7 Å². The van der Waals surface area contributed by atoms with Crippen LogP contribution in [0, 0.1) is 13.8 Å². The minimum atomic E-state index is -3.43. The van der Waals surface area contributed by atoms with E-state index in [1.807, 2.05) is 57.2 Å². The van der Waals surface area contributed by atoms with Crippen LogP contribution in [0.2, 0.25) is 0 Å². The summed E-state index contributed by atoms with van der Waals surface area (Å²) in [6, 6.07) is 20.1. The van der Waals surface area contributed by atoms with Gasteiger partial charge in [0.15, 0.2) is 0 Å². The number of hydrogen-bond donors (Lipinski definition) is 1. The third kappa shape index (κ3) is 5.25. The molecule has 1 aliphatic rings. The highest BCUT2D eigenvalue weighted by molar-refractivity contribution is 7.93. The van der Waals surface area contributed by atoms with Gasteiger partial charge in [0.05, 0.1) is 29.7 Å². The molecule has 0 atom stereocenters. The van der Waals surface area contributed by atoms with Crippen molar-refractivity contribution in [2.75, 3.05) is 16.2 Å². The van der Waals surface area contributed by atoms with Crippen LogP contribution < -0.4 is 14.4 Å². The van der Waals surface area contributed by atoms with Crippen molar-refractivity contribution in [1.82, 2.24) is 0 Å². The number of carbonyl (C=O) groups is 1. The molecule has 0 unspecified atom stereocenters. The second kappa shape index (κ2) is 9.89. The van der Waals surface area contributed by atoms with Gasteiger partial charge in [-0.2, -0.15) is 0 Å². The number of anilines is 2. The number of sulfonamides is 1. The summed E-state index contributed by atoms with van der Waals surface area (Å²) in [5, 5.41) is 2.58. The van der Waals surface area contributed by atoms with Crippen LogP contribution in [0.3, 0.4) is 0 Å². The minimum Gasteiger partial charge on any atom is -0.493 e. The van der Waals surface area contributed by atoms with E-state index < -0.39 is 10.0 Å². The first-order chi connectivity index (χ1) is 16.3. The molecule has 6 nitrogen and oxygen atoms in total. The van der Waals surface area contributed by atoms with E-state index in [1.165, 1.54) is 4.31 Å². The summed E-state index contributed by atoms with van der Waals surface area (Å²) >= 11 is 0. The van der Waals surface area contributed by atoms with Crippen LogP contribution in [0.15, 0.2) is 66.7 Å². The number of benzene rings is 3. The van der Waals surface area contributed by atoms with Crippen LogP contribution in [0.25, 0.3) is 0 Å². The average Bonchev–Trinajstić information content (AvgIpc) is 3.67. The van der Waals surface area contributed by atoms with Gasteiger partial charge >= 0.3 is 0 Å². The van der Waals surface area contributed by atoms with Gasteiger partial charge in [-0.3, -0.25) is 9.10 Å². The van der Waals surface area contributed by atoms with Gasteiger partial charge in [0.2, 0.25) is 10.0 Å². The Morgan fingerprint density at radius 3 is 2.35 bits per heavy atom. The zero-order valence-electron chi connectivity index (χ0n) is 19.7. The molecule has 34 heavy (non-hydrogen) atoms. The SMILES string of the molecule is CCOc1ccccc1C(=O)Nc1ccc(CN(c2ccc(C)c(C)c2)S(=O)(=O)C2CC2)cc1. The number of aryl methyl sites for hydroxylation is 2. The van der Waals surface area contributed by atoms with Crippen LogP contribution in [0.1, 0.15) is 46.8 Å². The molecule has 0 bridgehead atoms. The van der Waals surface area contributed by atoms with Crippen LogP contribution in [-0.2, 0) is 16.6 Å². The first kappa shape index (κ1) is 23.8. The normalized spacial score (nSPS) is 13.4. The fourth-order valence-electron chi connectivity index (χ4n) is 3.75. The summed E-state index contributed by atoms with van der Waals surface area (Å²) in [7, 11) is -3.43. The Kier molecular flexibility index (Phi) is 6.93. The van der Waals surface area contributed by atoms with Gasteiger partial charge in [0, 0.05) is 5.69 Å². The molecule has 1 N–H and O–H groups in total. The Bertz CT molecular complexity index is 1280. The first-order valence-corrected chi connectivity index (χ1v) is 13.0. The fourth-order valence-corrected chi connectivity index (χ4v) is 5.58. The van der Waals surface area contributed by atoms with Gasteiger partial charge in [-0.15, -0.1) is 0 Å². The van der Waals surface area contributed by atoms with E-state index in [4.69, 9.17) is 4.74 Å². The molecule has 1 aliphatic carbocycles. The number of amides is 1. The molecule has 0 saturated heterocycles.